The molecular weight excluding hydrogens is 518 g/mol. The van der Waals surface area contributed by atoms with Gasteiger partial charge in [0, 0.05) is 60.8 Å². The van der Waals surface area contributed by atoms with Gasteiger partial charge in [-0.25, -0.2) is 0 Å². The predicted molar refractivity (Wildman–Crippen MR) is 171 cm³/mol. The van der Waals surface area contributed by atoms with Gasteiger partial charge in [-0.3, -0.25) is 9.59 Å². The molecule has 2 rings (SSSR count). The minimum absolute atomic E-state index is 0.244. The number of aromatic nitrogens is 1. The van der Waals surface area contributed by atoms with Crippen LogP contribution in [-0.2, 0) is 22.6 Å². The van der Waals surface area contributed by atoms with Crippen LogP contribution < -0.4 is 0 Å². The highest BCUT2D eigenvalue weighted by atomic mass is 35.5. The lowest BCUT2D eigenvalue weighted by Crippen LogP contribution is -2.42. The second kappa shape index (κ2) is 18.4. The summed E-state index contributed by atoms with van der Waals surface area (Å²) in [6, 6.07) is 6.33. The molecule has 0 aliphatic heterocycles. The van der Waals surface area contributed by atoms with Crippen molar-refractivity contribution in [3.05, 3.63) is 34.5 Å². The molecule has 0 bridgehead atoms. The van der Waals surface area contributed by atoms with Crippen LogP contribution in [0.1, 0.15) is 122 Å². The Labute approximate surface area is 249 Å². The number of aryl methyl sites for hydroxylation is 1. The van der Waals surface area contributed by atoms with E-state index in [-0.39, 0.29) is 17.9 Å². The predicted octanol–water partition coefficient (Wildman–Crippen LogP) is 8.95. The summed E-state index contributed by atoms with van der Waals surface area (Å²) in [5.41, 5.74) is 3.45. The van der Waals surface area contributed by atoms with Crippen molar-refractivity contribution in [1.29, 1.82) is 0 Å². The number of rotatable bonds is 20. The number of benzene rings is 1. The van der Waals surface area contributed by atoms with Crippen molar-refractivity contribution in [2.75, 3.05) is 20.1 Å². The van der Waals surface area contributed by atoms with E-state index in [4.69, 9.17) is 11.6 Å². The first kappa shape index (κ1) is 34.2. The van der Waals surface area contributed by atoms with E-state index in [1.807, 2.05) is 24.1 Å². The summed E-state index contributed by atoms with van der Waals surface area (Å²) in [6.45, 7) is 13.4. The largest absolute Gasteiger partial charge is 0.346 e. The van der Waals surface area contributed by atoms with Crippen LogP contribution in [-0.4, -0.2) is 52.4 Å². The molecule has 0 aliphatic carbocycles. The maximum atomic E-state index is 14.0. The number of hydrogen-bond donors (Lipinski definition) is 0. The number of nitrogens with zero attached hydrogens (tertiary/aromatic N) is 3. The van der Waals surface area contributed by atoms with Gasteiger partial charge in [-0.15, -0.1) is 0 Å². The Morgan fingerprint density at radius 1 is 0.850 bits per heavy atom. The lowest BCUT2D eigenvalue weighted by atomic mass is 9.98. The molecule has 2 amide bonds. The fraction of sp³-hybridized carbons (Fsp3) is 0.706. The van der Waals surface area contributed by atoms with Crippen molar-refractivity contribution in [2.45, 2.75) is 137 Å². The molecule has 0 saturated carbocycles. The van der Waals surface area contributed by atoms with E-state index in [0.29, 0.717) is 17.9 Å². The van der Waals surface area contributed by atoms with Crippen LogP contribution in [0.2, 0.25) is 5.02 Å². The van der Waals surface area contributed by atoms with Gasteiger partial charge in [0.05, 0.1) is 6.42 Å². The summed E-state index contributed by atoms with van der Waals surface area (Å²) in [5.74, 6) is 0.514. The lowest BCUT2D eigenvalue weighted by Gasteiger charge is -2.32. The molecule has 1 aromatic heterocycles. The smallest absolute Gasteiger partial charge is 0.227 e. The van der Waals surface area contributed by atoms with E-state index >= 15 is 0 Å². The fourth-order valence-corrected chi connectivity index (χ4v) is 6.04. The molecule has 6 heteroatoms. The van der Waals surface area contributed by atoms with Gasteiger partial charge >= 0.3 is 0 Å². The van der Waals surface area contributed by atoms with Crippen LogP contribution in [0, 0.1) is 6.92 Å². The van der Waals surface area contributed by atoms with E-state index in [2.05, 4.69) is 50.2 Å². The van der Waals surface area contributed by atoms with Crippen molar-refractivity contribution in [2.24, 2.45) is 0 Å². The van der Waals surface area contributed by atoms with Gasteiger partial charge in [0.1, 0.15) is 0 Å². The van der Waals surface area contributed by atoms with E-state index in [1.54, 1.807) is 0 Å². The zero-order valence-electron chi connectivity index (χ0n) is 26.4. The monoisotopic (exact) mass is 573 g/mol. The van der Waals surface area contributed by atoms with Crippen molar-refractivity contribution < 1.29 is 9.59 Å². The van der Waals surface area contributed by atoms with Crippen molar-refractivity contribution >= 4 is 34.3 Å². The summed E-state index contributed by atoms with van der Waals surface area (Å²) >= 11 is 6.39. The van der Waals surface area contributed by atoms with Crippen LogP contribution >= 0.6 is 11.6 Å². The standard InChI is InChI=1S/C34H56ClN3O2/c1-7-11-18-29(19-16-14-15-17-20-33(39)36(6)23-12-8-2)38(24-13-9-3)34(40)26-30-27(5)37(10-4)32-22-21-28(35)25-31(30)32/h21-22,25,29H,7-20,23-24,26H2,1-6H3. The molecule has 5 nitrogen and oxygen atoms in total. The van der Waals surface area contributed by atoms with Crippen LogP contribution in [0.3, 0.4) is 0 Å². The Morgan fingerprint density at radius 2 is 1.50 bits per heavy atom. The maximum absolute atomic E-state index is 14.0. The quantitative estimate of drug-likeness (QED) is 0.148. The molecule has 0 fully saturated rings. The molecule has 1 aromatic carbocycles. The highest BCUT2D eigenvalue weighted by Crippen LogP contribution is 2.30. The second-order valence-electron chi connectivity index (χ2n) is 11.5. The van der Waals surface area contributed by atoms with Gasteiger partial charge in [-0.05, 0) is 69.7 Å². The van der Waals surface area contributed by atoms with Gasteiger partial charge in [0.25, 0.3) is 0 Å². The molecule has 0 aliphatic rings. The number of unbranched alkanes of at least 4 members (excludes halogenated alkanes) is 6. The third-order valence-corrected chi connectivity index (χ3v) is 8.65. The summed E-state index contributed by atoms with van der Waals surface area (Å²) in [6.07, 6.45) is 14.0. The molecule has 0 radical (unpaired) electrons. The van der Waals surface area contributed by atoms with E-state index < -0.39 is 0 Å². The SMILES string of the molecule is CCCCC(CCCCCCC(=O)N(C)CCCC)N(CCCC)C(=O)Cc1c(C)n(CC)c2ccc(Cl)cc12. The first-order valence-corrected chi connectivity index (χ1v) is 16.5. The maximum Gasteiger partial charge on any atom is 0.227 e. The van der Waals surface area contributed by atoms with Crippen molar-refractivity contribution in [3.63, 3.8) is 0 Å². The van der Waals surface area contributed by atoms with Crippen LogP contribution in [0.5, 0.6) is 0 Å². The molecule has 0 N–H and O–H groups in total. The fourth-order valence-electron chi connectivity index (χ4n) is 5.86. The molecule has 2 aromatic rings. The lowest BCUT2D eigenvalue weighted by molar-refractivity contribution is -0.133. The highest BCUT2D eigenvalue weighted by Gasteiger charge is 2.25. The Balaban J connectivity index is 2.07. The molecule has 226 valence electrons. The average Bonchev–Trinajstić information content (AvgIpc) is 3.20. The van der Waals surface area contributed by atoms with E-state index in [0.717, 1.165) is 113 Å². The molecule has 1 unspecified atom stereocenters. The molecule has 0 spiro atoms. The zero-order valence-corrected chi connectivity index (χ0v) is 27.1. The van der Waals surface area contributed by atoms with Crippen molar-refractivity contribution in [3.8, 4) is 0 Å². The second-order valence-corrected chi connectivity index (χ2v) is 11.9. The topological polar surface area (TPSA) is 45.6 Å². The van der Waals surface area contributed by atoms with Gasteiger partial charge in [0.2, 0.25) is 11.8 Å². The normalized spacial score (nSPS) is 12.2. The third kappa shape index (κ3) is 10.1. The minimum Gasteiger partial charge on any atom is -0.346 e. The molecule has 40 heavy (non-hydrogen) atoms. The zero-order chi connectivity index (χ0) is 29.5. The average molecular weight is 574 g/mol. The van der Waals surface area contributed by atoms with Crippen LogP contribution in [0.15, 0.2) is 18.2 Å². The molecule has 0 saturated heterocycles. The van der Waals surface area contributed by atoms with Gasteiger partial charge < -0.3 is 14.4 Å². The highest BCUT2D eigenvalue weighted by molar-refractivity contribution is 6.31. The minimum atomic E-state index is 0.244. The van der Waals surface area contributed by atoms with E-state index in [1.165, 1.54) is 5.69 Å². The van der Waals surface area contributed by atoms with Crippen molar-refractivity contribution in [1.82, 2.24) is 14.4 Å². The first-order valence-electron chi connectivity index (χ1n) is 16.1. The summed E-state index contributed by atoms with van der Waals surface area (Å²) < 4.78 is 2.30. The number of amides is 2. The van der Waals surface area contributed by atoms with E-state index in [9.17, 15) is 9.59 Å². The van der Waals surface area contributed by atoms with Crippen LogP contribution in [0.4, 0.5) is 0 Å². The number of carbonyl (C=O) groups is 2. The van der Waals surface area contributed by atoms with Gasteiger partial charge in [0.15, 0.2) is 0 Å². The molecule has 1 heterocycles. The number of carbonyl (C=O) groups excluding carboxylic acids is 2. The van der Waals surface area contributed by atoms with Gasteiger partial charge in [-0.2, -0.15) is 0 Å². The van der Waals surface area contributed by atoms with Gasteiger partial charge in [-0.1, -0.05) is 77.3 Å². The Bertz CT molecular complexity index is 1050. The number of halogens is 1. The number of fused-ring (bicyclic) bond motifs is 1. The summed E-state index contributed by atoms with van der Waals surface area (Å²) in [7, 11) is 1.92. The molecular formula is C34H56ClN3O2. The third-order valence-electron chi connectivity index (χ3n) is 8.42. The Kier molecular flexibility index (Phi) is 15.8. The number of hydrogen-bond acceptors (Lipinski definition) is 2. The Morgan fingerprint density at radius 3 is 2.17 bits per heavy atom. The summed E-state index contributed by atoms with van der Waals surface area (Å²) in [4.78, 5) is 30.4. The Hall–Kier alpha value is -2.01. The summed E-state index contributed by atoms with van der Waals surface area (Å²) in [5, 5.41) is 1.82. The first-order chi connectivity index (χ1) is 19.3. The molecule has 1 atom stereocenters. The van der Waals surface area contributed by atoms with Crippen LogP contribution in [0.25, 0.3) is 10.9 Å².